The van der Waals surface area contributed by atoms with Crippen LogP contribution in [0.3, 0.4) is 0 Å². The summed E-state index contributed by atoms with van der Waals surface area (Å²) in [4.78, 5) is 13.8. The second-order valence-corrected chi connectivity index (χ2v) is 5.79. The van der Waals surface area contributed by atoms with Crippen molar-refractivity contribution < 1.29 is 4.79 Å². The van der Waals surface area contributed by atoms with Gasteiger partial charge in [-0.1, -0.05) is 29.3 Å². The van der Waals surface area contributed by atoms with E-state index in [4.69, 9.17) is 5.73 Å². The van der Waals surface area contributed by atoms with E-state index < -0.39 is 0 Å². The number of amides is 1. The molecule has 0 fully saturated rings. The van der Waals surface area contributed by atoms with Crippen LogP contribution >= 0.6 is 15.9 Å². The molecule has 0 unspecified atom stereocenters. The van der Waals surface area contributed by atoms with Crippen LogP contribution in [0.25, 0.3) is 0 Å². The molecule has 2 atom stereocenters. The molecule has 98 valence electrons. The van der Waals surface area contributed by atoms with E-state index >= 15 is 0 Å². The van der Waals surface area contributed by atoms with Crippen molar-refractivity contribution in [1.29, 1.82) is 0 Å². The van der Waals surface area contributed by atoms with Crippen molar-refractivity contribution in [2.45, 2.75) is 45.2 Å². The van der Waals surface area contributed by atoms with E-state index in [1.54, 1.807) is 6.92 Å². The Morgan fingerprint density at radius 3 is 2.89 bits per heavy atom. The number of carbonyl (C=O) groups excluding carboxylic acids is 1. The van der Waals surface area contributed by atoms with Gasteiger partial charge in [0.05, 0.1) is 0 Å². The van der Waals surface area contributed by atoms with Crippen molar-refractivity contribution in [3.05, 3.63) is 28.2 Å². The number of rotatable bonds is 2. The summed E-state index contributed by atoms with van der Waals surface area (Å²) in [5.74, 6) is 0.101. The van der Waals surface area contributed by atoms with Crippen molar-refractivity contribution in [2.75, 3.05) is 4.90 Å². The Labute approximate surface area is 116 Å². The minimum absolute atomic E-state index is 0.0182. The molecule has 1 aliphatic heterocycles. The minimum atomic E-state index is 0.0182. The third-order valence-corrected chi connectivity index (χ3v) is 3.99. The van der Waals surface area contributed by atoms with Crippen molar-refractivity contribution >= 4 is 27.5 Å². The van der Waals surface area contributed by atoms with Crippen molar-refractivity contribution in [3.63, 3.8) is 0 Å². The average Bonchev–Trinajstić information content (AvgIpc) is 2.30. The van der Waals surface area contributed by atoms with Gasteiger partial charge in [-0.25, -0.2) is 0 Å². The molecule has 0 aliphatic carbocycles. The van der Waals surface area contributed by atoms with Gasteiger partial charge in [-0.3, -0.25) is 4.79 Å². The predicted molar refractivity (Wildman–Crippen MR) is 77.5 cm³/mol. The van der Waals surface area contributed by atoms with E-state index in [2.05, 4.69) is 22.9 Å². The lowest BCUT2D eigenvalue weighted by molar-refractivity contribution is -0.117. The number of benzene rings is 1. The van der Waals surface area contributed by atoms with Gasteiger partial charge in [0.25, 0.3) is 0 Å². The lowest BCUT2D eigenvalue weighted by atomic mass is 9.89. The number of halogens is 1. The van der Waals surface area contributed by atoms with Crippen molar-refractivity contribution in [3.8, 4) is 0 Å². The van der Waals surface area contributed by atoms with Gasteiger partial charge >= 0.3 is 0 Å². The number of fused-ring (bicyclic) bond motifs is 1. The largest absolute Gasteiger partial charge is 0.324 e. The van der Waals surface area contributed by atoms with Gasteiger partial charge in [-0.2, -0.15) is 0 Å². The van der Waals surface area contributed by atoms with Crippen LogP contribution in [0.15, 0.2) is 22.7 Å². The first kappa shape index (κ1) is 13.6. The number of carbonyl (C=O) groups is 1. The molecule has 2 N–H and O–H groups in total. The number of hydrogen-bond acceptors (Lipinski definition) is 2. The molecule has 1 amide bonds. The molecule has 18 heavy (non-hydrogen) atoms. The van der Waals surface area contributed by atoms with E-state index in [0.717, 1.165) is 35.0 Å². The molecule has 0 bridgehead atoms. The number of anilines is 1. The summed E-state index contributed by atoms with van der Waals surface area (Å²) in [7, 11) is 0. The van der Waals surface area contributed by atoms with Crippen LogP contribution < -0.4 is 10.6 Å². The first-order valence-electron chi connectivity index (χ1n) is 6.39. The second-order valence-electron chi connectivity index (χ2n) is 4.88. The molecule has 0 saturated heterocycles. The minimum Gasteiger partial charge on any atom is -0.324 e. The molecule has 4 heteroatoms. The maximum atomic E-state index is 11.9. The highest BCUT2D eigenvalue weighted by molar-refractivity contribution is 9.10. The molecule has 1 aliphatic rings. The first-order valence-corrected chi connectivity index (χ1v) is 7.18. The Bertz CT molecular complexity index is 461. The highest BCUT2D eigenvalue weighted by Gasteiger charge is 2.32. The highest BCUT2D eigenvalue weighted by Crippen LogP contribution is 2.38. The summed E-state index contributed by atoms with van der Waals surface area (Å²) >= 11 is 3.46. The van der Waals surface area contributed by atoms with E-state index in [0.29, 0.717) is 0 Å². The Morgan fingerprint density at radius 1 is 1.56 bits per heavy atom. The van der Waals surface area contributed by atoms with Gasteiger partial charge in [0.2, 0.25) is 5.91 Å². The second kappa shape index (κ2) is 5.41. The zero-order valence-corrected chi connectivity index (χ0v) is 12.4. The Hall–Kier alpha value is -0.870. The normalized spacial score (nSPS) is 22.8. The lowest BCUT2D eigenvalue weighted by Crippen LogP contribution is -2.45. The summed E-state index contributed by atoms with van der Waals surface area (Å²) in [6.45, 7) is 3.77. The molecule has 0 saturated carbocycles. The van der Waals surface area contributed by atoms with Crippen molar-refractivity contribution in [1.82, 2.24) is 0 Å². The van der Waals surface area contributed by atoms with Crippen LogP contribution in [0.1, 0.15) is 44.7 Å². The van der Waals surface area contributed by atoms with Crippen LogP contribution in [0.4, 0.5) is 5.69 Å². The Kier molecular flexibility index (Phi) is 4.07. The number of hydrogen-bond donors (Lipinski definition) is 1. The van der Waals surface area contributed by atoms with Crippen LogP contribution in [-0.2, 0) is 4.79 Å². The molecule has 1 aromatic rings. The molecule has 1 aromatic carbocycles. The van der Waals surface area contributed by atoms with Crippen LogP contribution in [0.5, 0.6) is 0 Å². The summed E-state index contributed by atoms with van der Waals surface area (Å²) in [6.07, 6.45) is 2.91. The molecule has 0 aromatic heterocycles. The monoisotopic (exact) mass is 310 g/mol. The fourth-order valence-electron chi connectivity index (χ4n) is 2.77. The van der Waals surface area contributed by atoms with Gasteiger partial charge in [0, 0.05) is 29.2 Å². The first-order chi connectivity index (χ1) is 8.54. The van der Waals surface area contributed by atoms with Gasteiger partial charge in [-0.15, -0.1) is 0 Å². The Balaban J connectivity index is 2.46. The molecule has 0 spiro atoms. The van der Waals surface area contributed by atoms with Crippen molar-refractivity contribution in [2.24, 2.45) is 5.73 Å². The molecule has 2 rings (SSSR count). The lowest BCUT2D eigenvalue weighted by Gasteiger charge is -2.39. The summed E-state index contributed by atoms with van der Waals surface area (Å²) in [5.41, 5.74) is 8.28. The average molecular weight is 311 g/mol. The molecule has 0 radical (unpaired) electrons. The quantitative estimate of drug-likeness (QED) is 0.910. The third kappa shape index (κ3) is 2.45. The standard InChI is InChI=1S/C14H19BrN2O/c1-3-4-11-8-13(16)12-7-10(15)5-6-14(12)17(11)9(2)18/h5-7,11,13H,3-4,8,16H2,1-2H3/t11-,13+/m1/s1. The summed E-state index contributed by atoms with van der Waals surface area (Å²) in [6, 6.07) is 6.23. The van der Waals surface area contributed by atoms with E-state index in [9.17, 15) is 4.79 Å². The molecular weight excluding hydrogens is 292 g/mol. The fraction of sp³-hybridized carbons (Fsp3) is 0.500. The zero-order valence-electron chi connectivity index (χ0n) is 10.8. The maximum Gasteiger partial charge on any atom is 0.224 e. The Morgan fingerprint density at radius 2 is 2.28 bits per heavy atom. The van der Waals surface area contributed by atoms with Crippen LogP contribution in [-0.4, -0.2) is 11.9 Å². The predicted octanol–water partition coefficient (Wildman–Crippen LogP) is 3.37. The van der Waals surface area contributed by atoms with Gasteiger partial charge in [0.1, 0.15) is 0 Å². The van der Waals surface area contributed by atoms with E-state index in [1.165, 1.54) is 0 Å². The summed E-state index contributed by atoms with van der Waals surface area (Å²) < 4.78 is 1.01. The van der Waals surface area contributed by atoms with Gasteiger partial charge in [0.15, 0.2) is 0 Å². The van der Waals surface area contributed by atoms with Gasteiger partial charge in [-0.05, 0) is 36.6 Å². The fourth-order valence-corrected chi connectivity index (χ4v) is 3.15. The number of nitrogens with zero attached hydrogens (tertiary/aromatic N) is 1. The van der Waals surface area contributed by atoms with Gasteiger partial charge < -0.3 is 10.6 Å². The molecular formula is C14H19BrN2O. The zero-order chi connectivity index (χ0) is 13.3. The highest BCUT2D eigenvalue weighted by atomic mass is 79.9. The van der Waals surface area contributed by atoms with E-state index in [1.807, 2.05) is 23.1 Å². The SMILES string of the molecule is CCC[C@@H]1C[C@H](N)c2cc(Br)ccc2N1C(C)=O. The van der Waals surface area contributed by atoms with Crippen LogP contribution in [0.2, 0.25) is 0 Å². The molecule has 1 heterocycles. The maximum absolute atomic E-state index is 11.9. The van der Waals surface area contributed by atoms with E-state index in [-0.39, 0.29) is 18.0 Å². The third-order valence-electron chi connectivity index (χ3n) is 3.50. The summed E-state index contributed by atoms with van der Waals surface area (Å²) in [5, 5.41) is 0. The number of nitrogens with two attached hydrogens (primary N) is 1. The molecule has 3 nitrogen and oxygen atoms in total. The topological polar surface area (TPSA) is 46.3 Å². The smallest absolute Gasteiger partial charge is 0.224 e. The van der Waals surface area contributed by atoms with Crippen LogP contribution in [0, 0.1) is 0 Å².